The van der Waals surface area contributed by atoms with Crippen molar-refractivity contribution in [3.05, 3.63) is 18.2 Å². The summed E-state index contributed by atoms with van der Waals surface area (Å²) in [5.74, 6) is 0. The van der Waals surface area contributed by atoms with Crippen molar-refractivity contribution in [2.24, 2.45) is 0 Å². The van der Waals surface area contributed by atoms with Gasteiger partial charge in [0, 0.05) is 12.7 Å². The highest BCUT2D eigenvalue weighted by atomic mass is 16.5. The fourth-order valence-corrected chi connectivity index (χ4v) is 1.84. The zero-order valence-corrected chi connectivity index (χ0v) is 8.39. The van der Waals surface area contributed by atoms with Crippen LogP contribution in [-0.2, 0) is 17.9 Å². The van der Waals surface area contributed by atoms with Gasteiger partial charge in [-0.05, 0) is 19.8 Å². The SMILES string of the molecule is CC1CCC(Cn2cnc(CO)c2)O1. The van der Waals surface area contributed by atoms with Gasteiger partial charge >= 0.3 is 0 Å². The van der Waals surface area contributed by atoms with Crippen LogP contribution in [0.3, 0.4) is 0 Å². The number of aromatic nitrogens is 2. The van der Waals surface area contributed by atoms with Crippen LogP contribution in [0.4, 0.5) is 0 Å². The van der Waals surface area contributed by atoms with Gasteiger partial charge in [-0.1, -0.05) is 0 Å². The molecular formula is C10H16N2O2. The molecule has 0 aliphatic carbocycles. The monoisotopic (exact) mass is 196 g/mol. The number of aliphatic hydroxyl groups is 1. The minimum atomic E-state index is 0.00886. The number of aliphatic hydroxyl groups excluding tert-OH is 1. The van der Waals surface area contributed by atoms with Crippen LogP contribution >= 0.6 is 0 Å². The summed E-state index contributed by atoms with van der Waals surface area (Å²) >= 11 is 0. The molecule has 4 heteroatoms. The summed E-state index contributed by atoms with van der Waals surface area (Å²) in [5, 5.41) is 8.85. The van der Waals surface area contributed by atoms with Gasteiger partial charge in [-0.3, -0.25) is 0 Å². The topological polar surface area (TPSA) is 47.3 Å². The Morgan fingerprint density at radius 2 is 2.50 bits per heavy atom. The molecule has 14 heavy (non-hydrogen) atoms. The van der Waals surface area contributed by atoms with Crippen molar-refractivity contribution in [2.45, 2.75) is 45.1 Å². The van der Waals surface area contributed by atoms with Crippen LogP contribution in [0.5, 0.6) is 0 Å². The van der Waals surface area contributed by atoms with Gasteiger partial charge in [-0.2, -0.15) is 0 Å². The van der Waals surface area contributed by atoms with Crippen LogP contribution in [0.2, 0.25) is 0 Å². The van der Waals surface area contributed by atoms with Gasteiger partial charge in [0.2, 0.25) is 0 Å². The standard InChI is InChI=1S/C10H16N2O2/c1-8-2-3-10(14-8)5-12-4-9(6-13)11-7-12/h4,7-8,10,13H,2-3,5-6H2,1H3. The zero-order valence-electron chi connectivity index (χ0n) is 8.39. The molecule has 2 heterocycles. The normalized spacial score (nSPS) is 27.0. The molecule has 0 radical (unpaired) electrons. The maximum absolute atomic E-state index is 8.85. The van der Waals surface area contributed by atoms with Crippen molar-refractivity contribution in [2.75, 3.05) is 0 Å². The number of ether oxygens (including phenoxy) is 1. The van der Waals surface area contributed by atoms with Gasteiger partial charge < -0.3 is 14.4 Å². The third-order valence-electron chi connectivity index (χ3n) is 2.58. The van der Waals surface area contributed by atoms with Crippen LogP contribution in [0.25, 0.3) is 0 Å². The molecule has 2 unspecified atom stereocenters. The lowest BCUT2D eigenvalue weighted by atomic mass is 10.2. The molecule has 78 valence electrons. The van der Waals surface area contributed by atoms with E-state index in [9.17, 15) is 0 Å². The number of hydrogen-bond donors (Lipinski definition) is 1. The molecule has 0 aromatic carbocycles. The molecule has 0 spiro atoms. The summed E-state index contributed by atoms with van der Waals surface area (Å²) in [6.45, 7) is 2.96. The van der Waals surface area contributed by atoms with Crippen LogP contribution in [0.15, 0.2) is 12.5 Å². The summed E-state index contributed by atoms with van der Waals surface area (Å²) < 4.78 is 7.68. The highest BCUT2D eigenvalue weighted by Crippen LogP contribution is 2.20. The molecule has 1 aliphatic heterocycles. The molecular weight excluding hydrogens is 180 g/mol. The molecule has 1 fully saturated rings. The summed E-state index contributed by atoms with van der Waals surface area (Å²) in [6, 6.07) is 0. The van der Waals surface area contributed by atoms with Crippen molar-refractivity contribution >= 4 is 0 Å². The molecule has 0 bridgehead atoms. The lowest BCUT2D eigenvalue weighted by molar-refractivity contribution is 0.0457. The third kappa shape index (κ3) is 2.13. The van der Waals surface area contributed by atoms with E-state index in [-0.39, 0.29) is 6.61 Å². The first-order valence-corrected chi connectivity index (χ1v) is 5.05. The molecule has 1 aliphatic rings. The van der Waals surface area contributed by atoms with Crippen molar-refractivity contribution in [1.82, 2.24) is 9.55 Å². The summed E-state index contributed by atoms with van der Waals surface area (Å²) in [5.41, 5.74) is 0.719. The van der Waals surface area contributed by atoms with E-state index in [1.54, 1.807) is 6.33 Å². The first-order valence-electron chi connectivity index (χ1n) is 5.05. The maximum Gasteiger partial charge on any atom is 0.0951 e. The average Bonchev–Trinajstić information content (AvgIpc) is 2.76. The van der Waals surface area contributed by atoms with Crippen molar-refractivity contribution in [1.29, 1.82) is 0 Å². The van der Waals surface area contributed by atoms with Gasteiger partial charge in [-0.25, -0.2) is 4.98 Å². The fraction of sp³-hybridized carbons (Fsp3) is 0.700. The van der Waals surface area contributed by atoms with E-state index < -0.39 is 0 Å². The largest absolute Gasteiger partial charge is 0.390 e. The van der Waals surface area contributed by atoms with E-state index in [0.29, 0.717) is 12.2 Å². The maximum atomic E-state index is 8.85. The quantitative estimate of drug-likeness (QED) is 0.782. The molecule has 2 rings (SSSR count). The van der Waals surface area contributed by atoms with Gasteiger partial charge in [0.1, 0.15) is 0 Å². The van der Waals surface area contributed by atoms with E-state index in [4.69, 9.17) is 9.84 Å². The molecule has 1 aromatic heterocycles. The Morgan fingerprint density at radius 3 is 3.07 bits per heavy atom. The Balaban J connectivity index is 1.90. The molecule has 0 amide bonds. The molecule has 1 aromatic rings. The molecule has 1 saturated heterocycles. The second-order valence-electron chi connectivity index (χ2n) is 3.87. The number of hydrogen-bond acceptors (Lipinski definition) is 3. The lowest BCUT2D eigenvalue weighted by Gasteiger charge is -2.10. The Labute approximate surface area is 83.5 Å². The van der Waals surface area contributed by atoms with Gasteiger partial charge in [0.25, 0.3) is 0 Å². The zero-order chi connectivity index (χ0) is 9.97. The van der Waals surface area contributed by atoms with Crippen molar-refractivity contribution < 1.29 is 9.84 Å². The second kappa shape index (κ2) is 4.11. The molecule has 2 atom stereocenters. The number of nitrogens with zero attached hydrogens (tertiary/aromatic N) is 2. The Hall–Kier alpha value is -0.870. The Morgan fingerprint density at radius 1 is 1.64 bits per heavy atom. The van der Waals surface area contributed by atoms with Crippen LogP contribution < -0.4 is 0 Å². The Kier molecular flexibility index (Phi) is 2.84. The Bertz CT molecular complexity index is 298. The third-order valence-corrected chi connectivity index (χ3v) is 2.58. The smallest absolute Gasteiger partial charge is 0.0951 e. The summed E-state index contributed by atoms with van der Waals surface area (Å²) in [4.78, 5) is 4.05. The molecule has 1 N–H and O–H groups in total. The summed E-state index contributed by atoms with van der Waals surface area (Å²) in [7, 11) is 0. The van der Waals surface area contributed by atoms with E-state index in [1.165, 1.54) is 0 Å². The van der Waals surface area contributed by atoms with Gasteiger partial charge in [0.15, 0.2) is 0 Å². The number of rotatable bonds is 3. The summed E-state index contributed by atoms with van der Waals surface area (Å²) in [6.07, 6.45) is 6.58. The molecule has 4 nitrogen and oxygen atoms in total. The van der Waals surface area contributed by atoms with Crippen molar-refractivity contribution in [3.63, 3.8) is 0 Å². The first kappa shape index (κ1) is 9.68. The molecule has 0 saturated carbocycles. The highest BCUT2D eigenvalue weighted by molar-refractivity contribution is 4.94. The van der Waals surface area contributed by atoms with Crippen LogP contribution in [-0.4, -0.2) is 26.9 Å². The van der Waals surface area contributed by atoms with Crippen LogP contribution in [0, 0.1) is 0 Å². The van der Waals surface area contributed by atoms with E-state index in [0.717, 1.165) is 25.1 Å². The minimum Gasteiger partial charge on any atom is -0.390 e. The average molecular weight is 196 g/mol. The predicted octanol–water partition coefficient (Wildman–Crippen LogP) is 0.943. The number of imidazole rings is 1. The van der Waals surface area contributed by atoms with E-state index in [2.05, 4.69) is 11.9 Å². The van der Waals surface area contributed by atoms with Gasteiger partial charge in [-0.15, -0.1) is 0 Å². The minimum absolute atomic E-state index is 0.00886. The first-order chi connectivity index (χ1) is 6.78. The van der Waals surface area contributed by atoms with Crippen molar-refractivity contribution in [3.8, 4) is 0 Å². The second-order valence-corrected chi connectivity index (χ2v) is 3.87. The lowest BCUT2D eigenvalue weighted by Crippen LogP contribution is -2.15. The predicted molar refractivity (Wildman–Crippen MR) is 51.7 cm³/mol. The van der Waals surface area contributed by atoms with E-state index >= 15 is 0 Å². The fourth-order valence-electron chi connectivity index (χ4n) is 1.84. The van der Waals surface area contributed by atoms with Gasteiger partial charge in [0.05, 0.1) is 30.8 Å². The highest BCUT2D eigenvalue weighted by Gasteiger charge is 2.21. The van der Waals surface area contributed by atoms with E-state index in [1.807, 2.05) is 10.8 Å². The van der Waals surface area contributed by atoms with Crippen LogP contribution in [0.1, 0.15) is 25.5 Å².